The Bertz CT molecular complexity index is 1350. The largest absolute Gasteiger partial charge is 0.467 e. The molecule has 2 aromatic carbocycles. The lowest BCUT2D eigenvalue weighted by Crippen LogP contribution is -2.30. The quantitative estimate of drug-likeness (QED) is 0.290. The van der Waals surface area contributed by atoms with Crippen molar-refractivity contribution >= 4 is 54.0 Å². The first kappa shape index (κ1) is 23.5. The maximum absolute atomic E-state index is 13.2. The first-order valence-electron chi connectivity index (χ1n) is 10.4. The molecule has 9 heteroatoms. The molecule has 0 saturated heterocycles. The Morgan fingerprint density at radius 2 is 1.94 bits per heavy atom. The lowest BCUT2D eigenvalue weighted by Gasteiger charge is -2.18. The fourth-order valence-electron chi connectivity index (χ4n) is 3.56. The van der Waals surface area contributed by atoms with Gasteiger partial charge in [-0.15, -0.1) is 0 Å². The van der Waals surface area contributed by atoms with Crippen LogP contribution in [0.3, 0.4) is 0 Å². The third-order valence-electron chi connectivity index (χ3n) is 5.14. The number of amides is 1. The molecule has 4 rings (SSSR count). The Morgan fingerprint density at radius 1 is 1.15 bits per heavy atom. The molecule has 0 aliphatic heterocycles. The normalized spacial score (nSPS) is 11.7. The predicted molar refractivity (Wildman–Crippen MR) is 132 cm³/mol. The standard InChI is InChI=1S/C24H23ClN2O4S2/c1-17-13-19(25)14-21-23(17)26-24(32-21)27(15-20-9-5-11-31-20)22(28)10-6-12-33(29,30)16-18-7-3-2-4-8-18/h2-5,7-9,11,13-14H,6,10,12,15-16H2,1H3. The van der Waals surface area contributed by atoms with Crippen LogP contribution in [0.2, 0.25) is 5.02 Å². The maximum atomic E-state index is 13.2. The van der Waals surface area contributed by atoms with Crippen LogP contribution in [0.15, 0.2) is 65.3 Å². The Morgan fingerprint density at radius 3 is 2.67 bits per heavy atom. The van der Waals surface area contributed by atoms with E-state index in [0.29, 0.717) is 15.9 Å². The van der Waals surface area contributed by atoms with Crippen molar-refractivity contribution in [2.45, 2.75) is 32.1 Å². The number of hydrogen-bond acceptors (Lipinski definition) is 6. The number of furan rings is 1. The van der Waals surface area contributed by atoms with E-state index in [9.17, 15) is 13.2 Å². The van der Waals surface area contributed by atoms with Crippen LogP contribution >= 0.6 is 22.9 Å². The molecule has 0 atom stereocenters. The molecule has 1 amide bonds. The number of halogens is 1. The number of benzene rings is 2. The van der Waals surface area contributed by atoms with Crippen LogP contribution in [-0.2, 0) is 26.9 Å². The molecule has 0 saturated carbocycles. The van der Waals surface area contributed by atoms with E-state index in [-0.39, 0.29) is 36.8 Å². The van der Waals surface area contributed by atoms with Crippen molar-refractivity contribution < 1.29 is 17.6 Å². The van der Waals surface area contributed by atoms with E-state index in [0.717, 1.165) is 21.3 Å². The van der Waals surface area contributed by atoms with Crippen molar-refractivity contribution in [1.29, 1.82) is 0 Å². The Kier molecular flexibility index (Phi) is 7.17. The number of sulfone groups is 1. The fraction of sp³-hybridized carbons (Fsp3) is 0.250. The van der Waals surface area contributed by atoms with Gasteiger partial charge in [0.2, 0.25) is 5.91 Å². The van der Waals surface area contributed by atoms with Crippen molar-refractivity contribution in [2.24, 2.45) is 0 Å². The van der Waals surface area contributed by atoms with Gasteiger partial charge >= 0.3 is 0 Å². The molecule has 4 aromatic rings. The number of aromatic nitrogens is 1. The summed E-state index contributed by atoms with van der Waals surface area (Å²) in [5.74, 6) is 0.325. The van der Waals surface area contributed by atoms with E-state index in [1.807, 2.05) is 37.3 Å². The van der Waals surface area contributed by atoms with E-state index >= 15 is 0 Å². The number of carbonyl (C=O) groups is 1. The number of thiazole rings is 1. The minimum Gasteiger partial charge on any atom is -0.467 e. The average Bonchev–Trinajstić information content (AvgIpc) is 3.42. The molecular weight excluding hydrogens is 480 g/mol. The number of carbonyl (C=O) groups excluding carboxylic acids is 1. The molecule has 6 nitrogen and oxygen atoms in total. The third-order valence-corrected chi connectivity index (χ3v) is 8.07. The van der Waals surface area contributed by atoms with E-state index in [2.05, 4.69) is 4.98 Å². The SMILES string of the molecule is Cc1cc(Cl)cc2sc(N(Cc3ccco3)C(=O)CCCS(=O)(=O)Cc3ccccc3)nc12. The topological polar surface area (TPSA) is 80.5 Å². The van der Waals surface area contributed by atoms with Gasteiger partial charge in [-0.05, 0) is 48.7 Å². The van der Waals surface area contributed by atoms with Crippen molar-refractivity contribution in [2.75, 3.05) is 10.7 Å². The predicted octanol–water partition coefficient (Wildman–Crippen LogP) is 5.78. The molecule has 33 heavy (non-hydrogen) atoms. The molecule has 172 valence electrons. The van der Waals surface area contributed by atoms with Crippen LogP contribution in [0.5, 0.6) is 0 Å². The van der Waals surface area contributed by atoms with Crippen LogP contribution in [-0.4, -0.2) is 25.1 Å². The van der Waals surface area contributed by atoms with E-state index in [1.165, 1.54) is 11.3 Å². The lowest BCUT2D eigenvalue weighted by atomic mass is 10.2. The minimum atomic E-state index is -3.32. The number of aryl methyl sites for hydroxylation is 1. The van der Waals surface area contributed by atoms with E-state index in [4.69, 9.17) is 16.0 Å². The van der Waals surface area contributed by atoms with Gasteiger partial charge in [-0.3, -0.25) is 9.69 Å². The van der Waals surface area contributed by atoms with Crippen molar-refractivity contribution in [3.63, 3.8) is 0 Å². The van der Waals surface area contributed by atoms with Gasteiger partial charge in [0, 0.05) is 11.4 Å². The number of rotatable bonds is 9. The highest BCUT2D eigenvalue weighted by molar-refractivity contribution is 7.90. The first-order valence-corrected chi connectivity index (χ1v) is 13.5. The van der Waals surface area contributed by atoms with Crippen molar-refractivity contribution in [3.8, 4) is 0 Å². The average molecular weight is 503 g/mol. The van der Waals surface area contributed by atoms with Gasteiger partial charge in [0.25, 0.3) is 0 Å². The summed E-state index contributed by atoms with van der Waals surface area (Å²) in [6, 6.07) is 16.3. The maximum Gasteiger partial charge on any atom is 0.229 e. The summed E-state index contributed by atoms with van der Waals surface area (Å²) in [6.07, 6.45) is 1.87. The van der Waals surface area contributed by atoms with Crippen molar-refractivity contribution in [1.82, 2.24) is 4.98 Å². The van der Waals surface area contributed by atoms with Gasteiger partial charge in [-0.2, -0.15) is 0 Å². The molecule has 0 N–H and O–H groups in total. The third kappa shape index (κ3) is 6.01. The van der Waals surface area contributed by atoms with Crippen LogP contribution in [0, 0.1) is 6.92 Å². The van der Waals surface area contributed by atoms with Gasteiger partial charge < -0.3 is 4.42 Å². The summed E-state index contributed by atoms with van der Waals surface area (Å²) < 4.78 is 31.3. The minimum absolute atomic E-state index is 0.0317. The van der Waals surface area contributed by atoms with Gasteiger partial charge in [0.05, 0.1) is 34.5 Å². The zero-order valence-electron chi connectivity index (χ0n) is 18.0. The zero-order valence-corrected chi connectivity index (χ0v) is 20.4. The first-order chi connectivity index (χ1) is 15.8. The molecule has 0 aliphatic carbocycles. The van der Waals surface area contributed by atoms with Gasteiger partial charge in [-0.25, -0.2) is 13.4 Å². The molecular formula is C24H23ClN2O4S2. The second-order valence-electron chi connectivity index (χ2n) is 7.81. The lowest BCUT2D eigenvalue weighted by molar-refractivity contribution is -0.118. The zero-order chi connectivity index (χ0) is 23.4. The Hall–Kier alpha value is -2.68. The second-order valence-corrected chi connectivity index (χ2v) is 11.4. The molecule has 0 aliphatic rings. The number of fused-ring (bicyclic) bond motifs is 1. The Balaban J connectivity index is 1.49. The van der Waals surface area contributed by atoms with Gasteiger partial charge in [-0.1, -0.05) is 53.3 Å². The summed E-state index contributed by atoms with van der Waals surface area (Å²) in [5, 5.41) is 1.15. The summed E-state index contributed by atoms with van der Waals surface area (Å²) in [6.45, 7) is 2.14. The molecule has 2 aromatic heterocycles. The van der Waals surface area contributed by atoms with E-state index in [1.54, 1.807) is 35.4 Å². The monoisotopic (exact) mass is 502 g/mol. The molecule has 0 fully saturated rings. The fourth-order valence-corrected chi connectivity index (χ4v) is 6.42. The van der Waals surface area contributed by atoms with Crippen molar-refractivity contribution in [3.05, 3.63) is 82.8 Å². The molecule has 0 bridgehead atoms. The van der Waals surface area contributed by atoms with E-state index < -0.39 is 9.84 Å². The summed E-state index contributed by atoms with van der Waals surface area (Å²) in [7, 11) is -3.32. The van der Waals surface area contributed by atoms with Crippen LogP contribution < -0.4 is 4.90 Å². The second kappa shape index (κ2) is 10.1. The van der Waals surface area contributed by atoms with Crippen LogP contribution in [0.1, 0.15) is 29.7 Å². The van der Waals surface area contributed by atoms with Crippen LogP contribution in [0.25, 0.3) is 10.2 Å². The highest BCUT2D eigenvalue weighted by atomic mass is 35.5. The van der Waals surface area contributed by atoms with Gasteiger partial charge in [0.1, 0.15) is 5.76 Å². The van der Waals surface area contributed by atoms with Crippen LogP contribution in [0.4, 0.5) is 5.13 Å². The number of anilines is 1. The summed E-state index contributed by atoms with van der Waals surface area (Å²) >= 11 is 7.56. The summed E-state index contributed by atoms with van der Waals surface area (Å²) in [4.78, 5) is 19.4. The number of nitrogens with zero attached hydrogens (tertiary/aromatic N) is 2. The molecule has 0 unspecified atom stereocenters. The van der Waals surface area contributed by atoms with Gasteiger partial charge in [0.15, 0.2) is 15.0 Å². The molecule has 2 heterocycles. The highest BCUT2D eigenvalue weighted by Gasteiger charge is 2.23. The summed E-state index contributed by atoms with van der Waals surface area (Å²) in [5.41, 5.74) is 2.46. The molecule has 0 spiro atoms. The smallest absolute Gasteiger partial charge is 0.229 e. The Labute approximate surface area is 201 Å². The highest BCUT2D eigenvalue weighted by Crippen LogP contribution is 2.34. The number of hydrogen-bond donors (Lipinski definition) is 0. The molecule has 0 radical (unpaired) electrons.